The first-order valence-corrected chi connectivity index (χ1v) is 11.3. The van der Waals surface area contributed by atoms with Gasteiger partial charge in [0, 0.05) is 31.9 Å². The Morgan fingerprint density at radius 2 is 1.94 bits per heavy atom. The number of rotatable bonds is 6. The normalized spacial score (nSPS) is 15.3. The summed E-state index contributed by atoms with van der Waals surface area (Å²) in [5.74, 6) is 0.0163. The van der Waals surface area contributed by atoms with E-state index in [1.54, 1.807) is 49.1 Å². The van der Waals surface area contributed by atoms with Crippen LogP contribution < -0.4 is 5.56 Å². The van der Waals surface area contributed by atoms with Crippen LogP contribution in [-0.4, -0.2) is 58.4 Å². The lowest BCUT2D eigenvalue weighted by molar-refractivity contribution is 0.0709. The minimum atomic E-state index is -0.698. The number of amides is 1. The molecule has 0 radical (unpaired) electrons. The third kappa shape index (κ3) is 4.84. The summed E-state index contributed by atoms with van der Waals surface area (Å²) in [5, 5.41) is 10.9. The molecule has 1 N–H and O–H groups in total. The van der Waals surface area contributed by atoms with Gasteiger partial charge in [-0.25, -0.2) is 9.18 Å². The van der Waals surface area contributed by atoms with Gasteiger partial charge < -0.3 is 23.7 Å². The molecule has 1 aliphatic heterocycles. The molecule has 1 aromatic carbocycles. The average molecular weight is 470 g/mol. The summed E-state index contributed by atoms with van der Waals surface area (Å²) < 4.78 is 26.3. The first-order chi connectivity index (χ1) is 16.4. The molecule has 4 rings (SSSR count). The number of aryl methyl sites for hydroxylation is 1. The highest BCUT2D eigenvalue weighted by atomic mass is 19.1. The Balaban J connectivity index is 1.75. The van der Waals surface area contributed by atoms with Gasteiger partial charge in [-0.3, -0.25) is 9.69 Å². The molecule has 1 atom stereocenters. The molecule has 3 heterocycles. The van der Waals surface area contributed by atoms with Crippen LogP contribution in [0.25, 0.3) is 0 Å². The van der Waals surface area contributed by atoms with Crippen LogP contribution in [0.3, 0.4) is 0 Å². The van der Waals surface area contributed by atoms with Crippen LogP contribution in [0, 0.1) is 12.7 Å². The predicted molar refractivity (Wildman–Crippen MR) is 123 cm³/mol. The number of benzene rings is 1. The van der Waals surface area contributed by atoms with Crippen LogP contribution in [0.2, 0.25) is 0 Å². The highest BCUT2D eigenvalue weighted by Crippen LogP contribution is 2.33. The van der Waals surface area contributed by atoms with E-state index in [1.807, 2.05) is 4.90 Å². The number of piperazine rings is 1. The molecule has 1 fully saturated rings. The summed E-state index contributed by atoms with van der Waals surface area (Å²) in [7, 11) is 0. The van der Waals surface area contributed by atoms with Crippen molar-refractivity contribution < 1.29 is 23.4 Å². The number of carbonyl (C=O) groups is 1. The maximum absolute atomic E-state index is 14.2. The van der Waals surface area contributed by atoms with Gasteiger partial charge in [0.1, 0.15) is 17.3 Å². The van der Waals surface area contributed by atoms with E-state index in [0.717, 1.165) is 0 Å². The minimum absolute atomic E-state index is 0.153. The molecule has 1 amide bonds. The van der Waals surface area contributed by atoms with Crippen LogP contribution >= 0.6 is 0 Å². The number of aromatic nitrogens is 1. The molecule has 1 aliphatic rings. The van der Waals surface area contributed by atoms with Gasteiger partial charge in [0.2, 0.25) is 0 Å². The third-order valence-corrected chi connectivity index (χ3v) is 6.06. The molecule has 3 aromatic rings. The number of carbonyl (C=O) groups excluding carboxylic acids is 1. The molecule has 34 heavy (non-hydrogen) atoms. The summed E-state index contributed by atoms with van der Waals surface area (Å²) in [6, 6.07) is 10.4. The molecule has 0 aliphatic carbocycles. The molecular weight excluding hydrogens is 441 g/mol. The Morgan fingerprint density at radius 3 is 2.59 bits per heavy atom. The van der Waals surface area contributed by atoms with E-state index in [4.69, 9.17) is 9.15 Å². The summed E-state index contributed by atoms with van der Waals surface area (Å²) >= 11 is 0. The monoisotopic (exact) mass is 469 g/mol. The first-order valence-electron chi connectivity index (χ1n) is 11.3. The van der Waals surface area contributed by atoms with Gasteiger partial charge in [0.05, 0.1) is 31.0 Å². The van der Waals surface area contributed by atoms with Crippen LogP contribution in [-0.2, 0) is 11.3 Å². The summed E-state index contributed by atoms with van der Waals surface area (Å²) in [6.45, 7) is 5.60. The molecule has 9 heteroatoms. The number of halogens is 1. The van der Waals surface area contributed by atoms with Gasteiger partial charge in [0.25, 0.3) is 5.56 Å². The summed E-state index contributed by atoms with van der Waals surface area (Å²) in [4.78, 5) is 29.4. The highest BCUT2D eigenvalue weighted by Gasteiger charge is 2.33. The van der Waals surface area contributed by atoms with Crippen LogP contribution in [0.5, 0.6) is 5.75 Å². The van der Waals surface area contributed by atoms with E-state index >= 15 is 0 Å². The molecule has 2 aromatic heterocycles. The van der Waals surface area contributed by atoms with Crippen molar-refractivity contribution >= 4 is 6.09 Å². The number of aromatic hydroxyl groups is 1. The molecule has 8 nitrogen and oxygen atoms in total. The summed E-state index contributed by atoms with van der Waals surface area (Å²) in [6.07, 6.45) is 1.15. The molecule has 180 valence electrons. The van der Waals surface area contributed by atoms with Crippen molar-refractivity contribution in [2.75, 3.05) is 32.8 Å². The van der Waals surface area contributed by atoms with Gasteiger partial charge in [-0.1, -0.05) is 12.1 Å². The lowest BCUT2D eigenvalue weighted by Gasteiger charge is -2.39. The van der Waals surface area contributed by atoms with E-state index < -0.39 is 11.9 Å². The number of ether oxygens (including phenoxy) is 1. The van der Waals surface area contributed by atoms with Crippen molar-refractivity contribution in [2.24, 2.45) is 0 Å². The second-order valence-electron chi connectivity index (χ2n) is 8.23. The van der Waals surface area contributed by atoms with E-state index in [0.29, 0.717) is 43.2 Å². The first kappa shape index (κ1) is 23.6. The second-order valence-corrected chi connectivity index (χ2v) is 8.23. The quantitative estimate of drug-likeness (QED) is 0.595. The Labute approximate surface area is 196 Å². The van der Waals surface area contributed by atoms with Crippen molar-refractivity contribution in [1.29, 1.82) is 0 Å². The van der Waals surface area contributed by atoms with Gasteiger partial charge in [-0.05, 0) is 49.7 Å². The zero-order valence-corrected chi connectivity index (χ0v) is 19.2. The maximum Gasteiger partial charge on any atom is 0.409 e. The fraction of sp³-hybridized carbons (Fsp3) is 0.360. The van der Waals surface area contributed by atoms with E-state index in [9.17, 15) is 19.1 Å². The van der Waals surface area contributed by atoms with Crippen LogP contribution in [0.4, 0.5) is 9.18 Å². The Bertz CT molecular complexity index is 1200. The molecule has 0 unspecified atom stereocenters. The zero-order chi connectivity index (χ0) is 24.2. The van der Waals surface area contributed by atoms with Gasteiger partial charge >= 0.3 is 6.09 Å². The zero-order valence-electron chi connectivity index (χ0n) is 19.2. The van der Waals surface area contributed by atoms with Crippen LogP contribution in [0.1, 0.15) is 35.5 Å². The summed E-state index contributed by atoms with van der Waals surface area (Å²) in [5.41, 5.74) is 0.904. The fourth-order valence-electron chi connectivity index (χ4n) is 4.39. The topological polar surface area (TPSA) is 88.2 Å². The Kier molecular flexibility index (Phi) is 7.02. The van der Waals surface area contributed by atoms with Gasteiger partial charge in [0.15, 0.2) is 0 Å². The smallest absolute Gasteiger partial charge is 0.409 e. The molecule has 1 saturated heterocycles. The fourth-order valence-corrected chi connectivity index (χ4v) is 4.39. The molecule has 0 spiro atoms. The lowest BCUT2D eigenvalue weighted by atomic mass is 9.96. The van der Waals surface area contributed by atoms with Gasteiger partial charge in [-0.15, -0.1) is 0 Å². The van der Waals surface area contributed by atoms with E-state index in [2.05, 4.69) is 0 Å². The number of pyridine rings is 1. The second kappa shape index (κ2) is 10.1. The maximum atomic E-state index is 14.2. The number of hydrogen-bond acceptors (Lipinski definition) is 6. The lowest BCUT2D eigenvalue weighted by Crippen LogP contribution is -2.50. The molecule has 0 bridgehead atoms. The molecule has 0 saturated carbocycles. The van der Waals surface area contributed by atoms with Crippen molar-refractivity contribution in [2.45, 2.75) is 26.4 Å². The van der Waals surface area contributed by atoms with Crippen LogP contribution in [0.15, 0.2) is 57.9 Å². The minimum Gasteiger partial charge on any atom is -0.507 e. The van der Waals surface area contributed by atoms with E-state index in [1.165, 1.54) is 23.0 Å². The van der Waals surface area contributed by atoms with Crippen molar-refractivity contribution in [3.05, 3.63) is 87.5 Å². The standard InChI is InChI=1S/C25H28FN3O5/c1-3-33-25(32)28-11-9-27(10-12-28)23(18-6-4-7-19(26)15-18)22-21(30)14-17(2)29(24(22)31)16-20-8-5-13-34-20/h4-8,13-15,23,30H,3,9-12,16H2,1-2H3/t23-/m0/s1. The van der Waals surface area contributed by atoms with Crippen molar-refractivity contribution in [1.82, 2.24) is 14.4 Å². The predicted octanol–water partition coefficient (Wildman–Crippen LogP) is 3.51. The number of furan rings is 1. The Morgan fingerprint density at radius 1 is 1.18 bits per heavy atom. The molecular formula is C25H28FN3O5. The third-order valence-electron chi connectivity index (χ3n) is 6.06. The van der Waals surface area contributed by atoms with Gasteiger partial charge in [-0.2, -0.15) is 0 Å². The average Bonchev–Trinajstić information content (AvgIpc) is 3.33. The SMILES string of the molecule is CCOC(=O)N1CCN([C@@H](c2cccc(F)c2)c2c(O)cc(C)n(Cc3ccco3)c2=O)CC1. The van der Waals surface area contributed by atoms with E-state index in [-0.39, 0.29) is 36.1 Å². The van der Waals surface area contributed by atoms with Crippen molar-refractivity contribution in [3.63, 3.8) is 0 Å². The Hall–Kier alpha value is -3.59. The highest BCUT2D eigenvalue weighted by molar-refractivity contribution is 5.67. The largest absolute Gasteiger partial charge is 0.507 e. The van der Waals surface area contributed by atoms with Crippen molar-refractivity contribution in [3.8, 4) is 5.75 Å². The number of hydrogen-bond donors (Lipinski definition) is 1. The number of nitrogens with zero attached hydrogens (tertiary/aromatic N) is 3.